The molecule has 3 rings (SSSR count). The second-order valence-corrected chi connectivity index (χ2v) is 11.6. The van der Waals surface area contributed by atoms with Crippen LogP contribution in [0.5, 0.6) is 17.2 Å². The number of aryl methyl sites for hydroxylation is 1. The largest absolute Gasteiger partial charge is 0.493 e. The van der Waals surface area contributed by atoms with E-state index in [4.69, 9.17) is 19.3 Å². The Morgan fingerprint density at radius 1 is 0.727 bits per heavy atom. The van der Waals surface area contributed by atoms with Crippen molar-refractivity contribution in [3.8, 4) is 17.2 Å². The van der Waals surface area contributed by atoms with Crippen LogP contribution in [0.1, 0.15) is 124 Å². The van der Waals surface area contributed by atoms with E-state index < -0.39 is 11.9 Å². The molecule has 44 heavy (non-hydrogen) atoms. The Bertz CT molecular complexity index is 1200. The van der Waals surface area contributed by atoms with Crippen LogP contribution in [0.4, 0.5) is 0 Å². The highest BCUT2D eigenvalue weighted by Crippen LogP contribution is 2.36. The van der Waals surface area contributed by atoms with Crippen LogP contribution in [-0.2, 0) is 28.9 Å². The number of benzene rings is 2. The molecule has 1 aliphatic rings. The highest BCUT2D eigenvalue weighted by atomic mass is 16.5. The van der Waals surface area contributed by atoms with E-state index in [2.05, 4.69) is 13.0 Å². The van der Waals surface area contributed by atoms with E-state index in [1.165, 1.54) is 0 Å². The predicted molar refractivity (Wildman–Crippen MR) is 170 cm³/mol. The first kappa shape index (κ1) is 34.9. The molecule has 2 N–H and O–H groups in total. The molecular weight excluding hydrogens is 560 g/mol. The van der Waals surface area contributed by atoms with Crippen LogP contribution in [0.2, 0.25) is 0 Å². The molecule has 0 amide bonds. The van der Waals surface area contributed by atoms with Crippen molar-refractivity contribution in [1.29, 1.82) is 0 Å². The Morgan fingerprint density at radius 3 is 2.05 bits per heavy atom. The van der Waals surface area contributed by atoms with Gasteiger partial charge in [-0.1, -0.05) is 64.0 Å². The predicted octanol–water partition coefficient (Wildman–Crippen LogP) is 8.00. The number of Topliss-reactive ketones (excluding diaryl/α,β-unsaturated/α-hetero) is 1. The molecule has 2 aromatic rings. The maximum atomic E-state index is 12.3. The maximum Gasteiger partial charge on any atom is 0.303 e. The molecule has 8 nitrogen and oxygen atoms in total. The third-order valence-corrected chi connectivity index (χ3v) is 8.05. The number of hydrogen-bond donors (Lipinski definition) is 2. The molecule has 0 bridgehead atoms. The lowest BCUT2D eigenvalue weighted by atomic mass is 9.96. The summed E-state index contributed by atoms with van der Waals surface area (Å²) in [4.78, 5) is 34.2. The molecule has 0 aromatic heterocycles. The van der Waals surface area contributed by atoms with E-state index in [1.54, 1.807) is 0 Å². The van der Waals surface area contributed by atoms with Gasteiger partial charge in [-0.3, -0.25) is 14.4 Å². The highest BCUT2D eigenvalue weighted by molar-refractivity contribution is 6.00. The molecule has 0 saturated heterocycles. The first-order chi connectivity index (χ1) is 21.4. The van der Waals surface area contributed by atoms with Gasteiger partial charge in [0.2, 0.25) is 0 Å². The number of ketones is 1. The number of carboxylic acids is 2. The Morgan fingerprint density at radius 2 is 1.36 bits per heavy atom. The average Bonchev–Trinajstić information content (AvgIpc) is 3.00. The topological polar surface area (TPSA) is 119 Å². The molecule has 8 heteroatoms. The molecular formula is C36H50O8. The fraction of sp³-hybridized carbons (Fsp3) is 0.583. The Balaban J connectivity index is 1.42. The van der Waals surface area contributed by atoms with Gasteiger partial charge >= 0.3 is 11.9 Å². The zero-order valence-electron chi connectivity index (χ0n) is 26.4. The molecule has 0 atom stereocenters. The fourth-order valence-corrected chi connectivity index (χ4v) is 5.71. The lowest BCUT2D eigenvalue weighted by Gasteiger charge is -2.22. The molecule has 0 unspecified atom stereocenters. The van der Waals surface area contributed by atoms with Crippen LogP contribution in [0.25, 0.3) is 0 Å². The second kappa shape index (κ2) is 19.7. The van der Waals surface area contributed by atoms with Crippen molar-refractivity contribution in [2.45, 2.75) is 116 Å². The number of ether oxygens (including phenoxy) is 3. The number of carboxylic acid groups (broad SMARTS) is 2. The number of carbonyl (C=O) groups is 3. The third kappa shape index (κ3) is 11.9. The third-order valence-electron chi connectivity index (χ3n) is 8.05. The molecule has 0 spiro atoms. The summed E-state index contributed by atoms with van der Waals surface area (Å²) in [7, 11) is 0. The van der Waals surface area contributed by atoms with E-state index in [9.17, 15) is 19.5 Å². The molecule has 0 radical (unpaired) electrons. The van der Waals surface area contributed by atoms with Crippen LogP contribution in [0.15, 0.2) is 30.3 Å². The standard InChI is InChI=1S/C36H50O8/c1-2-14-30-33(21-19-29-31(37)23-26-44-36(29)30)43-25-12-8-6-9-15-27-16-13-17-32(28(27)20-22-35(40)41)42-24-11-7-4-3-5-10-18-34(38)39/h13,16-17,19,21H,2-12,14-15,18,20,22-26H2,1H3,(H,38,39)(H,40,41). The molecule has 2 aromatic carbocycles. The maximum absolute atomic E-state index is 12.3. The number of unbranched alkanes of at least 4 members (excludes halogenated alkanes) is 8. The monoisotopic (exact) mass is 610 g/mol. The first-order valence-electron chi connectivity index (χ1n) is 16.5. The van der Waals surface area contributed by atoms with Gasteiger partial charge in [-0.25, -0.2) is 0 Å². The van der Waals surface area contributed by atoms with Crippen molar-refractivity contribution in [3.05, 3.63) is 52.6 Å². The van der Waals surface area contributed by atoms with Gasteiger partial charge in [-0.05, 0) is 74.3 Å². The first-order valence-corrected chi connectivity index (χ1v) is 16.5. The van der Waals surface area contributed by atoms with Gasteiger partial charge in [-0.2, -0.15) is 0 Å². The number of fused-ring (bicyclic) bond motifs is 1. The SMILES string of the molecule is CCCc1c(OCCCCCCc2cccc(OCCCCCCCCC(=O)O)c2CCC(=O)O)ccc2c1OCCC2=O. The zero-order chi connectivity index (χ0) is 31.6. The number of hydrogen-bond acceptors (Lipinski definition) is 6. The normalized spacial score (nSPS) is 12.4. The van der Waals surface area contributed by atoms with Crippen molar-refractivity contribution in [2.75, 3.05) is 19.8 Å². The van der Waals surface area contributed by atoms with Crippen LogP contribution in [0, 0.1) is 0 Å². The highest BCUT2D eigenvalue weighted by Gasteiger charge is 2.23. The minimum atomic E-state index is -0.812. The Kier molecular flexibility index (Phi) is 15.6. The van der Waals surface area contributed by atoms with E-state index in [1.807, 2.05) is 24.3 Å². The van der Waals surface area contributed by atoms with Crippen molar-refractivity contribution >= 4 is 17.7 Å². The van der Waals surface area contributed by atoms with Gasteiger partial charge in [0.15, 0.2) is 5.78 Å². The second-order valence-electron chi connectivity index (χ2n) is 11.6. The van der Waals surface area contributed by atoms with E-state index in [-0.39, 0.29) is 18.6 Å². The van der Waals surface area contributed by atoms with Crippen molar-refractivity contribution in [2.24, 2.45) is 0 Å². The van der Waals surface area contributed by atoms with Gasteiger partial charge in [0.1, 0.15) is 17.2 Å². The quantitative estimate of drug-likeness (QED) is 0.122. The van der Waals surface area contributed by atoms with Crippen LogP contribution >= 0.6 is 0 Å². The minimum absolute atomic E-state index is 0.0724. The molecule has 1 aliphatic heterocycles. The van der Waals surface area contributed by atoms with E-state index in [0.29, 0.717) is 44.0 Å². The van der Waals surface area contributed by atoms with Crippen LogP contribution in [0.3, 0.4) is 0 Å². The van der Waals surface area contributed by atoms with Crippen LogP contribution < -0.4 is 14.2 Å². The van der Waals surface area contributed by atoms with Crippen molar-refractivity contribution < 1.29 is 38.8 Å². The smallest absolute Gasteiger partial charge is 0.303 e. The van der Waals surface area contributed by atoms with Gasteiger partial charge in [-0.15, -0.1) is 0 Å². The van der Waals surface area contributed by atoms with Gasteiger partial charge < -0.3 is 24.4 Å². The fourth-order valence-electron chi connectivity index (χ4n) is 5.71. The molecule has 1 heterocycles. The molecule has 0 saturated carbocycles. The molecule has 242 valence electrons. The molecule has 0 fully saturated rings. The summed E-state index contributed by atoms with van der Waals surface area (Å²) in [5, 5.41) is 18.0. The molecule has 0 aliphatic carbocycles. The number of rotatable bonds is 23. The van der Waals surface area contributed by atoms with Crippen molar-refractivity contribution in [1.82, 2.24) is 0 Å². The summed E-state index contributed by atoms with van der Waals surface area (Å²) < 4.78 is 18.1. The number of carbonyl (C=O) groups excluding carboxylic acids is 1. The van der Waals surface area contributed by atoms with Gasteiger partial charge in [0, 0.05) is 24.8 Å². The van der Waals surface area contributed by atoms with Crippen LogP contribution in [-0.4, -0.2) is 47.8 Å². The van der Waals surface area contributed by atoms with E-state index >= 15 is 0 Å². The van der Waals surface area contributed by atoms with Crippen molar-refractivity contribution in [3.63, 3.8) is 0 Å². The summed E-state index contributed by atoms with van der Waals surface area (Å²) in [6.07, 6.45) is 13.5. The summed E-state index contributed by atoms with van der Waals surface area (Å²) >= 11 is 0. The summed E-state index contributed by atoms with van der Waals surface area (Å²) in [5.74, 6) is 0.900. The van der Waals surface area contributed by atoms with Gasteiger partial charge in [0.05, 0.1) is 25.4 Å². The summed E-state index contributed by atoms with van der Waals surface area (Å²) in [6.45, 7) is 3.74. The lowest BCUT2D eigenvalue weighted by Crippen LogP contribution is -2.17. The summed E-state index contributed by atoms with van der Waals surface area (Å²) in [6, 6.07) is 9.77. The average molecular weight is 611 g/mol. The minimum Gasteiger partial charge on any atom is -0.493 e. The van der Waals surface area contributed by atoms with Gasteiger partial charge in [0.25, 0.3) is 0 Å². The van der Waals surface area contributed by atoms with E-state index in [0.717, 1.165) is 112 Å². The summed E-state index contributed by atoms with van der Waals surface area (Å²) in [5.41, 5.74) is 3.84. The Labute approximate surface area is 262 Å². The zero-order valence-corrected chi connectivity index (χ0v) is 26.4. The number of aliphatic carboxylic acids is 2. The lowest BCUT2D eigenvalue weighted by molar-refractivity contribution is -0.138. The Hall–Kier alpha value is -3.55.